The summed E-state index contributed by atoms with van der Waals surface area (Å²) < 4.78 is 0. The first-order valence-corrected chi connectivity index (χ1v) is 9.10. The van der Waals surface area contributed by atoms with Gasteiger partial charge in [-0.2, -0.15) is 15.0 Å². The number of nitrogens with one attached hydrogen (secondary N) is 2. The normalized spacial score (nSPS) is 10.7. The van der Waals surface area contributed by atoms with Gasteiger partial charge in [-0.3, -0.25) is 0 Å². The molecule has 3 aromatic rings. The predicted octanol–water partition coefficient (Wildman–Crippen LogP) is 3.83. The molecule has 0 amide bonds. The molecule has 2 N–H and O–H groups in total. The molecule has 26 heavy (non-hydrogen) atoms. The highest BCUT2D eigenvalue weighted by atomic mass is 15.3. The van der Waals surface area contributed by atoms with Crippen LogP contribution in [0.3, 0.4) is 0 Å². The Morgan fingerprint density at radius 2 is 1.69 bits per heavy atom. The lowest BCUT2D eigenvalue weighted by molar-refractivity contribution is 0.812. The van der Waals surface area contributed by atoms with Crippen molar-refractivity contribution >= 4 is 34.4 Å². The van der Waals surface area contributed by atoms with Gasteiger partial charge < -0.3 is 15.5 Å². The summed E-state index contributed by atoms with van der Waals surface area (Å²) in [4.78, 5) is 20.2. The van der Waals surface area contributed by atoms with E-state index in [-0.39, 0.29) is 0 Å². The summed E-state index contributed by atoms with van der Waals surface area (Å²) in [5.74, 6) is 2.46. The average molecular weight is 351 g/mol. The molecular formula is C19H25N7. The van der Waals surface area contributed by atoms with E-state index < -0.39 is 0 Å². The summed E-state index contributed by atoms with van der Waals surface area (Å²) in [6.45, 7) is 8.77. The molecule has 0 aliphatic rings. The molecule has 0 unspecified atom stereocenters. The minimum absolute atomic E-state index is 0.490. The fourth-order valence-corrected chi connectivity index (χ4v) is 2.71. The van der Waals surface area contributed by atoms with Gasteiger partial charge in [-0.25, -0.2) is 4.98 Å². The molecule has 0 radical (unpaired) electrons. The van der Waals surface area contributed by atoms with Gasteiger partial charge in [-0.15, -0.1) is 0 Å². The molecule has 0 spiro atoms. The van der Waals surface area contributed by atoms with E-state index in [4.69, 9.17) is 0 Å². The van der Waals surface area contributed by atoms with Crippen LogP contribution in [0.4, 0.5) is 23.7 Å². The maximum absolute atomic E-state index is 4.60. The van der Waals surface area contributed by atoms with Crippen LogP contribution in [-0.4, -0.2) is 39.6 Å². The molecule has 2 heterocycles. The molecule has 3 rings (SSSR count). The maximum Gasteiger partial charge on any atom is 0.235 e. The molecule has 0 aliphatic carbocycles. The van der Waals surface area contributed by atoms with Crippen molar-refractivity contribution in [3.8, 4) is 0 Å². The lowest BCUT2D eigenvalue weighted by Crippen LogP contribution is -2.25. The fraction of sp³-hybridized carbons (Fsp3) is 0.368. The number of aromatic nitrogens is 4. The molecule has 0 fully saturated rings. The van der Waals surface area contributed by atoms with E-state index in [1.807, 2.05) is 24.3 Å². The third-order valence-corrected chi connectivity index (χ3v) is 4.11. The Labute approximate surface area is 153 Å². The van der Waals surface area contributed by atoms with Gasteiger partial charge in [0.1, 0.15) is 5.82 Å². The lowest BCUT2D eigenvalue weighted by atomic mass is 10.1. The lowest BCUT2D eigenvalue weighted by Gasteiger charge is -2.20. The van der Waals surface area contributed by atoms with Crippen LogP contribution >= 0.6 is 0 Å². The Morgan fingerprint density at radius 3 is 2.46 bits per heavy atom. The number of benzene rings is 1. The second kappa shape index (κ2) is 8.42. The number of hydrogen-bond acceptors (Lipinski definition) is 7. The summed E-state index contributed by atoms with van der Waals surface area (Å²) >= 11 is 0. The van der Waals surface area contributed by atoms with Crippen molar-refractivity contribution in [2.24, 2.45) is 0 Å². The summed E-state index contributed by atoms with van der Waals surface area (Å²) in [6, 6.07) is 10.1. The number of pyridine rings is 1. The zero-order chi connectivity index (χ0) is 18.4. The third-order valence-electron chi connectivity index (χ3n) is 4.11. The zero-order valence-electron chi connectivity index (χ0n) is 15.5. The minimum Gasteiger partial charge on any atom is -0.354 e. The summed E-state index contributed by atoms with van der Waals surface area (Å²) in [7, 11) is 0. The van der Waals surface area contributed by atoms with E-state index in [2.05, 4.69) is 62.3 Å². The average Bonchev–Trinajstić information content (AvgIpc) is 2.67. The van der Waals surface area contributed by atoms with E-state index in [9.17, 15) is 0 Å². The SMILES string of the molecule is CCCNc1nc(Nc2nccc3ccccc23)nc(N(CC)CC)n1. The Balaban J connectivity index is 1.98. The quantitative estimate of drug-likeness (QED) is 0.638. The van der Waals surface area contributed by atoms with Crippen LogP contribution in [0, 0.1) is 0 Å². The molecule has 0 saturated heterocycles. The number of nitrogens with zero attached hydrogens (tertiary/aromatic N) is 5. The van der Waals surface area contributed by atoms with Crippen LogP contribution in [0.2, 0.25) is 0 Å². The minimum atomic E-state index is 0.490. The first-order valence-electron chi connectivity index (χ1n) is 9.10. The van der Waals surface area contributed by atoms with Crippen LogP contribution in [-0.2, 0) is 0 Å². The van der Waals surface area contributed by atoms with Crippen molar-refractivity contribution in [2.75, 3.05) is 35.2 Å². The molecule has 7 heteroatoms. The predicted molar refractivity (Wildman–Crippen MR) is 107 cm³/mol. The van der Waals surface area contributed by atoms with E-state index in [1.165, 1.54) is 0 Å². The van der Waals surface area contributed by atoms with Crippen LogP contribution in [0.5, 0.6) is 0 Å². The van der Waals surface area contributed by atoms with Gasteiger partial charge in [0, 0.05) is 31.2 Å². The van der Waals surface area contributed by atoms with E-state index in [0.717, 1.165) is 42.6 Å². The van der Waals surface area contributed by atoms with Gasteiger partial charge in [0.2, 0.25) is 17.8 Å². The smallest absolute Gasteiger partial charge is 0.235 e. The Kier molecular flexibility index (Phi) is 5.78. The van der Waals surface area contributed by atoms with E-state index >= 15 is 0 Å². The Bertz CT molecular complexity index is 856. The second-order valence-electron chi connectivity index (χ2n) is 5.89. The number of anilines is 4. The van der Waals surface area contributed by atoms with Gasteiger partial charge in [0.25, 0.3) is 0 Å². The van der Waals surface area contributed by atoms with Crippen molar-refractivity contribution in [1.29, 1.82) is 0 Å². The summed E-state index contributed by atoms with van der Waals surface area (Å²) in [6.07, 6.45) is 2.79. The van der Waals surface area contributed by atoms with Crippen LogP contribution < -0.4 is 15.5 Å². The van der Waals surface area contributed by atoms with E-state index in [1.54, 1.807) is 6.20 Å². The van der Waals surface area contributed by atoms with Gasteiger partial charge in [0.05, 0.1) is 0 Å². The maximum atomic E-state index is 4.60. The molecular weight excluding hydrogens is 326 g/mol. The fourth-order valence-electron chi connectivity index (χ4n) is 2.71. The number of rotatable bonds is 8. The first-order chi connectivity index (χ1) is 12.7. The molecule has 7 nitrogen and oxygen atoms in total. The van der Waals surface area contributed by atoms with Crippen LogP contribution in [0.15, 0.2) is 36.5 Å². The first kappa shape index (κ1) is 17.8. The molecule has 0 saturated carbocycles. The van der Waals surface area contributed by atoms with Gasteiger partial charge >= 0.3 is 0 Å². The third kappa shape index (κ3) is 3.99. The highest BCUT2D eigenvalue weighted by Crippen LogP contribution is 2.23. The standard InChI is InChI=1S/C19H25N7/c1-4-12-21-17-23-18(25-19(24-17)26(5-2)6-3)22-16-15-10-8-7-9-14(15)11-13-20-16/h7-11,13H,4-6,12H2,1-3H3,(H2,20,21,22,23,24,25). The molecule has 2 aromatic heterocycles. The topological polar surface area (TPSA) is 78.9 Å². The van der Waals surface area contributed by atoms with Gasteiger partial charge in [-0.05, 0) is 31.7 Å². The van der Waals surface area contributed by atoms with Crippen molar-refractivity contribution in [3.05, 3.63) is 36.5 Å². The van der Waals surface area contributed by atoms with Gasteiger partial charge in [0.15, 0.2) is 0 Å². The molecule has 1 aromatic carbocycles. The molecule has 0 aliphatic heterocycles. The van der Waals surface area contributed by atoms with Crippen molar-refractivity contribution in [3.63, 3.8) is 0 Å². The molecule has 0 bridgehead atoms. The highest BCUT2D eigenvalue weighted by Gasteiger charge is 2.12. The number of fused-ring (bicyclic) bond motifs is 1. The largest absolute Gasteiger partial charge is 0.354 e. The van der Waals surface area contributed by atoms with Crippen molar-refractivity contribution in [2.45, 2.75) is 27.2 Å². The van der Waals surface area contributed by atoms with Crippen LogP contribution in [0.1, 0.15) is 27.2 Å². The molecule has 0 atom stereocenters. The molecule has 136 valence electrons. The van der Waals surface area contributed by atoms with E-state index in [0.29, 0.717) is 17.8 Å². The Hall–Kier alpha value is -2.96. The number of hydrogen-bond donors (Lipinski definition) is 2. The second-order valence-corrected chi connectivity index (χ2v) is 5.89. The van der Waals surface area contributed by atoms with Crippen LogP contribution in [0.25, 0.3) is 10.8 Å². The zero-order valence-corrected chi connectivity index (χ0v) is 15.5. The summed E-state index contributed by atoms with van der Waals surface area (Å²) in [5, 5.41) is 8.67. The van der Waals surface area contributed by atoms with Crippen molar-refractivity contribution < 1.29 is 0 Å². The van der Waals surface area contributed by atoms with Gasteiger partial charge in [-0.1, -0.05) is 31.2 Å². The highest BCUT2D eigenvalue weighted by molar-refractivity contribution is 5.92. The Morgan fingerprint density at radius 1 is 0.923 bits per heavy atom. The summed E-state index contributed by atoms with van der Waals surface area (Å²) in [5.41, 5.74) is 0. The monoisotopic (exact) mass is 351 g/mol. The van der Waals surface area contributed by atoms with Crippen molar-refractivity contribution in [1.82, 2.24) is 19.9 Å².